The molecule has 0 spiro atoms. The molecule has 0 saturated carbocycles. The van der Waals surface area contributed by atoms with E-state index in [-0.39, 0.29) is 11.5 Å². The van der Waals surface area contributed by atoms with Crippen LogP contribution in [0.15, 0.2) is 29.6 Å². The smallest absolute Gasteiger partial charge is 0.0420 e. The second kappa shape index (κ2) is 5.14. The van der Waals surface area contributed by atoms with Gasteiger partial charge in [0.25, 0.3) is 0 Å². The lowest BCUT2D eigenvalue weighted by atomic mass is 9.97. The molecule has 1 aromatic heterocycles. The highest BCUT2D eigenvalue weighted by atomic mass is 32.1. The van der Waals surface area contributed by atoms with Gasteiger partial charge in [-0.15, -0.1) is 17.3 Å². The summed E-state index contributed by atoms with van der Waals surface area (Å²) in [5.74, 6) is 6.44. The molecule has 1 unspecified atom stereocenters. The summed E-state index contributed by atoms with van der Waals surface area (Å²) in [5.41, 5.74) is 7.51. The van der Waals surface area contributed by atoms with Crippen molar-refractivity contribution in [1.82, 2.24) is 0 Å². The number of nitrogens with two attached hydrogens (primary N) is 1. The van der Waals surface area contributed by atoms with E-state index >= 15 is 0 Å². The van der Waals surface area contributed by atoms with E-state index in [0.717, 1.165) is 6.42 Å². The molecule has 0 radical (unpaired) electrons. The van der Waals surface area contributed by atoms with Crippen LogP contribution in [0, 0.1) is 17.3 Å². The minimum Gasteiger partial charge on any atom is -0.323 e. The number of hydrogen-bond donors (Lipinski definition) is 1. The van der Waals surface area contributed by atoms with Gasteiger partial charge in [0.15, 0.2) is 0 Å². The van der Waals surface area contributed by atoms with Crippen LogP contribution in [0.4, 0.5) is 0 Å². The summed E-state index contributed by atoms with van der Waals surface area (Å²) in [6.45, 7) is 6.35. The highest BCUT2D eigenvalue weighted by Crippen LogP contribution is 2.30. The summed E-state index contributed by atoms with van der Waals surface area (Å²) in [6.07, 6.45) is 0.720. The molecular weight excluding hydrogens is 238 g/mol. The van der Waals surface area contributed by atoms with Crippen molar-refractivity contribution in [2.24, 2.45) is 11.1 Å². The molecule has 0 amide bonds. The predicted molar refractivity (Wildman–Crippen MR) is 80.6 cm³/mol. The first-order chi connectivity index (χ1) is 8.47. The van der Waals surface area contributed by atoms with Crippen LogP contribution in [-0.2, 0) is 0 Å². The van der Waals surface area contributed by atoms with Crippen LogP contribution in [0.5, 0.6) is 0 Å². The minimum absolute atomic E-state index is 0.0102. The second-order valence-corrected chi connectivity index (χ2v) is 6.46. The highest BCUT2D eigenvalue weighted by Gasteiger charge is 2.11. The Labute approximate surface area is 113 Å². The molecule has 1 atom stereocenters. The van der Waals surface area contributed by atoms with Crippen LogP contribution < -0.4 is 5.73 Å². The molecule has 1 nitrogen and oxygen atoms in total. The van der Waals surface area contributed by atoms with Gasteiger partial charge in [-0.05, 0) is 43.2 Å². The third-order valence-electron chi connectivity index (χ3n) is 2.70. The molecule has 0 aliphatic heterocycles. The van der Waals surface area contributed by atoms with Crippen molar-refractivity contribution in [1.29, 1.82) is 0 Å². The van der Waals surface area contributed by atoms with Crippen molar-refractivity contribution in [3.8, 4) is 11.8 Å². The third kappa shape index (κ3) is 3.13. The molecule has 2 N–H and O–H groups in total. The summed E-state index contributed by atoms with van der Waals surface area (Å²) in [4.78, 5) is 0. The van der Waals surface area contributed by atoms with Crippen LogP contribution in [0.3, 0.4) is 0 Å². The predicted octanol–water partition coefficient (Wildman–Crippen LogP) is 4.34. The first kappa shape index (κ1) is 13.1. The summed E-state index contributed by atoms with van der Waals surface area (Å²) >= 11 is 1.75. The van der Waals surface area contributed by atoms with Crippen molar-refractivity contribution < 1.29 is 0 Å². The zero-order chi connectivity index (χ0) is 13.2. The fourth-order valence-electron chi connectivity index (χ4n) is 1.82. The minimum atomic E-state index is 0.0102. The Morgan fingerprint density at radius 1 is 1.28 bits per heavy atom. The number of hydrogen-bond acceptors (Lipinski definition) is 2. The van der Waals surface area contributed by atoms with E-state index in [1.807, 2.05) is 0 Å². The summed E-state index contributed by atoms with van der Waals surface area (Å²) in [7, 11) is 0. The van der Waals surface area contributed by atoms with Crippen LogP contribution in [0.2, 0.25) is 0 Å². The van der Waals surface area contributed by atoms with Gasteiger partial charge in [-0.1, -0.05) is 24.1 Å². The Hall–Kier alpha value is -1.30. The van der Waals surface area contributed by atoms with E-state index in [1.54, 1.807) is 11.3 Å². The molecule has 2 aromatic rings. The highest BCUT2D eigenvalue weighted by molar-refractivity contribution is 7.17. The van der Waals surface area contributed by atoms with E-state index in [1.165, 1.54) is 15.6 Å². The molecule has 0 bridgehead atoms. The first-order valence-electron chi connectivity index (χ1n) is 6.19. The van der Waals surface area contributed by atoms with Gasteiger partial charge >= 0.3 is 0 Å². The monoisotopic (exact) mass is 257 g/mol. The van der Waals surface area contributed by atoms with Gasteiger partial charge in [0.05, 0.1) is 0 Å². The maximum Gasteiger partial charge on any atom is 0.0420 e. The van der Waals surface area contributed by atoms with Crippen LogP contribution in [-0.4, -0.2) is 0 Å². The molecule has 0 aliphatic carbocycles. The van der Waals surface area contributed by atoms with Gasteiger partial charge in [0, 0.05) is 22.6 Å². The van der Waals surface area contributed by atoms with Crippen molar-refractivity contribution in [2.45, 2.75) is 33.2 Å². The van der Waals surface area contributed by atoms with E-state index in [4.69, 9.17) is 5.73 Å². The molecule has 0 saturated heterocycles. The van der Waals surface area contributed by atoms with Gasteiger partial charge in [0.1, 0.15) is 0 Å². The van der Waals surface area contributed by atoms with E-state index < -0.39 is 0 Å². The van der Waals surface area contributed by atoms with E-state index in [2.05, 4.69) is 62.3 Å². The lowest BCUT2D eigenvalue weighted by Crippen LogP contribution is -2.09. The first-order valence-corrected chi connectivity index (χ1v) is 7.07. The second-order valence-electron chi connectivity index (χ2n) is 5.55. The molecule has 18 heavy (non-hydrogen) atoms. The normalized spacial score (nSPS) is 13.1. The fourth-order valence-corrected chi connectivity index (χ4v) is 2.85. The number of benzene rings is 1. The maximum atomic E-state index is 6.24. The average molecular weight is 257 g/mol. The lowest BCUT2D eigenvalue weighted by molar-refractivity contribution is 0.569. The standard InChI is InChI=1S/C16H19NS/c1-16(2,3)10-6-8-14(17)13-11-18-15-9-5-4-7-12(13)15/h4-5,7,9,11,14H,8,17H2,1-3H3. The van der Waals surface area contributed by atoms with Crippen LogP contribution >= 0.6 is 11.3 Å². The topological polar surface area (TPSA) is 26.0 Å². The zero-order valence-electron chi connectivity index (χ0n) is 11.2. The summed E-state index contributed by atoms with van der Waals surface area (Å²) in [6, 6.07) is 8.41. The van der Waals surface area contributed by atoms with Crippen molar-refractivity contribution in [3.05, 3.63) is 35.2 Å². The molecule has 1 aromatic carbocycles. The molecule has 2 heteroatoms. The van der Waals surface area contributed by atoms with Crippen molar-refractivity contribution in [2.75, 3.05) is 0 Å². The Morgan fingerprint density at radius 2 is 2.00 bits per heavy atom. The molecule has 0 aliphatic rings. The van der Waals surface area contributed by atoms with Gasteiger partial charge in [-0.25, -0.2) is 0 Å². The molecular formula is C16H19NS. The number of thiophene rings is 1. The van der Waals surface area contributed by atoms with Crippen LogP contribution in [0.1, 0.15) is 38.8 Å². The number of fused-ring (bicyclic) bond motifs is 1. The van der Waals surface area contributed by atoms with Gasteiger partial charge in [0.2, 0.25) is 0 Å². The Morgan fingerprint density at radius 3 is 2.72 bits per heavy atom. The Bertz CT molecular complexity index is 593. The average Bonchev–Trinajstić information content (AvgIpc) is 2.70. The lowest BCUT2D eigenvalue weighted by Gasteiger charge is -2.09. The molecule has 2 rings (SSSR count). The molecule has 1 heterocycles. The molecule has 94 valence electrons. The van der Waals surface area contributed by atoms with Gasteiger partial charge in [-0.2, -0.15) is 0 Å². The van der Waals surface area contributed by atoms with Crippen molar-refractivity contribution >= 4 is 21.4 Å². The molecule has 0 fully saturated rings. The summed E-state index contributed by atoms with van der Waals surface area (Å²) < 4.78 is 1.30. The van der Waals surface area contributed by atoms with Crippen molar-refractivity contribution in [3.63, 3.8) is 0 Å². The SMILES string of the molecule is CC(C)(C)C#CCC(N)c1csc2ccccc12. The fraction of sp³-hybridized carbons (Fsp3) is 0.375. The Kier molecular flexibility index (Phi) is 3.75. The zero-order valence-corrected chi connectivity index (χ0v) is 12.0. The van der Waals surface area contributed by atoms with Gasteiger partial charge < -0.3 is 5.73 Å². The number of rotatable bonds is 2. The van der Waals surface area contributed by atoms with Gasteiger partial charge in [-0.3, -0.25) is 0 Å². The quantitative estimate of drug-likeness (QED) is 0.796. The van der Waals surface area contributed by atoms with E-state index in [0.29, 0.717) is 0 Å². The Balaban J connectivity index is 2.18. The van der Waals surface area contributed by atoms with E-state index in [9.17, 15) is 0 Å². The van der Waals surface area contributed by atoms with Crippen LogP contribution in [0.25, 0.3) is 10.1 Å². The third-order valence-corrected chi connectivity index (χ3v) is 3.68. The largest absolute Gasteiger partial charge is 0.323 e. The maximum absolute atomic E-state index is 6.24. The summed E-state index contributed by atoms with van der Waals surface area (Å²) in [5, 5.41) is 3.43.